The van der Waals surface area contributed by atoms with Crippen LogP contribution < -0.4 is 10.6 Å². The zero-order valence-corrected chi connectivity index (χ0v) is 19.9. The molecule has 0 amide bonds. The molecule has 0 unspecified atom stereocenters. The number of guanidine groups is 1. The third-order valence-corrected chi connectivity index (χ3v) is 5.27. The van der Waals surface area contributed by atoms with E-state index in [4.69, 9.17) is 14.5 Å². The minimum Gasteiger partial charge on any atom is -0.382 e. The lowest BCUT2D eigenvalue weighted by Gasteiger charge is -2.28. The number of unbranched alkanes of at least 4 members (excludes halogenated alkanes) is 1. The summed E-state index contributed by atoms with van der Waals surface area (Å²) in [6, 6.07) is 10.9. The highest BCUT2D eigenvalue weighted by molar-refractivity contribution is 14.0. The van der Waals surface area contributed by atoms with Crippen LogP contribution in [0.1, 0.15) is 51.0 Å². The van der Waals surface area contributed by atoms with Crippen LogP contribution >= 0.6 is 24.0 Å². The number of nitrogens with zero attached hydrogens (tertiary/aromatic N) is 1. The topological polar surface area (TPSA) is 54.9 Å². The third kappa shape index (κ3) is 8.66. The summed E-state index contributed by atoms with van der Waals surface area (Å²) in [5, 5.41) is 6.86. The quantitative estimate of drug-likeness (QED) is 0.195. The van der Waals surface area contributed by atoms with Crippen molar-refractivity contribution >= 4 is 29.9 Å². The van der Waals surface area contributed by atoms with Crippen LogP contribution in [0, 0.1) is 0 Å². The molecule has 0 aliphatic heterocycles. The van der Waals surface area contributed by atoms with Crippen molar-refractivity contribution in [3.8, 4) is 0 Å². The van der Waals surface area contributed by atoms with E-state index in [0.717, 1.165) is 45.0 Å². The van der Waals surface area contributed by atoms with E-state index < -0.39 is 0 Å². The Kier molecular flexibility index (Phi) is 13.5. The van der Waals surface area contributed by atoms with Gasteiger partial charge in [-0.05, 0) is 38.2 Å². The monoisotopic (exact) mass is 503 g/mol. The summed E-state index contributed by atoms with van der Waals surface area (Å²) >= 11 is 0. The fourth-order valence-corrected chi connectivity index (χ4v) is 3.73. The first-order valence-corrected chi connectivity index (χ1v) is 10.4. The van der Waals surface area contributed by atoms with E-state index in [9.17, 15) is 0 Å². The number of halogens is 1. The predicted molar refractivity (Wildman–Crippen MR) is 128 cm³/mol. The summed E-state index contributed by atoms with van der Waals surface area (Å²) in [5.41, 5.74) is 1.65. The molecule has 1 aliphatic carbocycles. The third-order valence-electron chi connectivity index (χ3n) is 5.27. The summed E-state index contributed by atoms with van der Waals surface area (Å²) in [6.07, 6.45) is 7.19. The average molecular weight is 503 g/mol. The molecule has 1 aliphatic rings. The zero-order valence-electron chi connectivity index (χ0n) is 17.5. The Balaban J connectivity index is 0.00000392. The minimum atomic E-state index is 0. The lowest BCUT2D eigenvalue weighted by atomic mass is 9.79. The summed E-state index contributed by atoms with van der Waals surface area (Å²) < 4.78 is 10.5. The molecule has 160 valence electrons. The molecule has 2 N–H and O–H groups in total. The second kappa shape index (κ2) is 15.0. The first kappa shape index (κ1) is 25.2. The summed E-state index contributed by atoms with van der Waals surface area (Å²) in [4.78, 5) is 4.95. The fraction of sp³-hybridized carbons (Fsp3) is 0.682. The molecule has 0 heterocycles. The molecule has 1 fully saturated rings. The summed E-state index contributed by atoms with van der Waals surface area (Å²) in [6.45, 7) is 6.89. The highest BCUT2D eigenvalue weighted by Crippen LogP contribution is 2.41. The fourth-order valence-electron chi connectivity index (χ4n) is 3.73. The van der Waals surface area contributed by atoms with Crippen LogP contribution in [-0.2, 0) is 14.9 Å². The molecule has 1 aromatic rings. The van der Waals surface area contributed by atoms with Gasteiger partial charge in [0.2, 0.25) is 0 Å². The Morgan fingerprint density at radius 2 is 1.79 bits per heavy atom. The molecule has 0 radical (unpaired) electrons. The van der Waals surface area contributed by atoms with E-state index in [1.807, 2.05) is 0 Å². The zero-order chi connectivity index (χ0) is 19.2. The second-order valence-corrected chi connectivity index (χ2v) is 7.29. The lowest BCUT2D eigenvalue weighted by Crippen LogP contribution is -2.39. The van der Waals surface area contributed by atoms with E-state index in [1.54, 1.807) is 7.11 Å². The molecule has 0 bridgehead atoms. The van der Waals surface area contributed by atoms with Gasteiger partial charge in [0.05, 0.1) is 19.8 Å². The van der Waals surface area contributed by atoms with Gasteiger partial charge in [-0.1, -0.05) is 43.2 Å². The maximum atomic E-state index is 5.51. The van der Waals surface area contributed by atoms with Crippen LogP contribution in [0.4, 0.5) is 0 Å². The van der Waals surface area contributed by atoms with E-state index in [2.05, 4.69) is 47.9 Å². The average Bonchev–Trinajstić information content (AvgIpc) is 3.19. The van der Waals surface area contributed by atoms with E-state index in [1.165, 1.54) is 31.2 Å². The molecule has 2 rings (SSSR count). The number of hydrogen-bond donors (Lipinski definition) is 2. The molecule has 6 heteroatoms. The lowest BCUT2D eigenvalue weighted by molar-refractivity contribution is 0.0689. The van der Waals surface area contributed by atoms with Gasteiger partial charge in [0.15, 0.2) is 5.96 Å². The number of hydrogen-bond acceptors (Lipinski definition) is 3. The van der Waals surface area contributed by atoms with Crippen molar-refractivity contribution in [3.05, 3.63) is 35.9 Å². The molecule has 0 saturated heterocycles. The van der Waals surface area contributed by atoms with Crippen molar-refractivity contribution < 1.29 is 9.47 Å². The Labute approximate surface area is 188 Å². The minimum absolute atomic E-state index is 0. The molecule has 1 aromatic carbocycles. The maximum Gasteiger partial charge on any atom is 0.191 e. The Bertz CT molecular complexity index is 534. The number of methoxy groups -OCH3 is 1. The highest BCUT2D eigenvalue weighted by atomic mass is 127. The number of rotatable bonds is 12. The van der Waals surface area contributed by atoms with Crippen LogP contribution in [0.5, 0.6) is 0 Å². The van der Waals surface area contributed by atoms with Crippen LogP contribution in [-0.4, -0.2) is 52.5 Å². The molecular formula is C22H38IN3O2. The number of aliphatic imine (C=N–C) groups is 1. The van der Waals surface area contributed by atoms with Gasteiger partial charge < -0.3 is 20.1 Å². The van der Waals surface area contributed by atoms with Crippen LogP contribution in [0.2, 0.25) is 0 Å². The van der Waals surface area contributed by atoms with Crippen LogP contribution in [0.3, 0.4) is 0 Å². The van der Waals surface area contributed by atoms with Gasteiger partial charge in [-0.3, -0.25) is 4.99 Å². The van der Waals surface area contributed by atoms with Gasteiger partial charge in [0.1, 0.15) is 0 Å². The van der Waals surface area contributed by atoms with Crippen molar-refractivity contribution in [3.63, 3.8) is 0 Å². The SMILES string of the molecule is CCNC(=NCC1(c2ccccc2)CCCC1)NCCCCOCCOC.I. The van der Waals surface area contributed by atoms with Gasteiger partial charge in [-0.2, -0.15) is 0 Å². The Morgan fingerprint density at radius 3 is 2.46 bits per heavy atom. The number of ether oxygens (including phenoxy) is 2. The molecule has 1 saturated carbocycles. The van der Waals surface area contributed by atoms with Crippen molar-refractivity contribution in [1.82, 2.24) is 10.6 Å². The molecule has 0 spiro atoms. The first-order valence-electron chi connectivity index (χ1n) is 10.4. The van der Waals surface area contributed by atoms with E-state index >= 15 is 0 Å². The van der Waals surface area contributed by atoms with Gasteiger partial charge in [0, 0.05) is 32.2 Å². The van der Waals surface area contributed by atoms with Crippen molar-refractivity contribution in [2.45, 2.75) is 50.9 Å². The largest absolute Gasteiger partial charge is 0.382 e. The van der Waals surface area contributed by atoms with Gasteiger partial charge in [0.25, 0.3) is 0 Å². The van der Waals surface area contributed by atoms with Gasteiger partial charge >= 0.3 is 0 Å². The number of benzene rings is 1. The normalized spacial score (nSPS) is 15.9. The van der Waals surface area contributed by atoms with Crippen molar-refractivity contribution in [2.24, 2.45) is 4.99 Å². The predicted octanol–water partition coefficient (Wildman–Crippen LogP) is 4.11. The summed E-state index contributed by atoms with van der Waals surface area (Å²) in [5.74, 6) is 0.931. The Hall–Kier alpha value is -0.860. The van der Waals surface area contributed by atoms with Crippen LogP contribution in [0.15, 0.2) is 35.3 Å². The van der Waals surface area contributed by atoms with E-state index in [0.29, 0.717) is 13.2 Å². The van der Waals surface area contributed by atoms with E-state index in [-0.39, 0.29) is 29.4 Å². The maximum absolute atomic E-state index is 5.51. The number of nitrogens with one attached hydrogen (secondary N) is 2. The first-order chi connectivity index (χ1) is 13.3. The van der Waals surface area contributed by atoms with Crippen molar-refractivity contribution in [1.29, 1.82) is 0 Å². The molecule has 5 nitrogen and oxygen atoms in total. The Morgan fingerprint density at radius 1 is 1.04 bits per heavy atom. The van der Waals surface area contributed by atoms with Crippen LogP contribution in [0.25, 0.3) is 0 Å². The smallest absolute Gasteiger partial charge is 0.191 e. The standard InChI is InChI=1S/C22H37N3O2.HI/c1-3-23-21(24-15-9-10-16-27-18-17-26-2)25-19-22(13-7-8-14-22)20-11-5-4-6-12-20;/h4-6,11-12H,3,7-10,13-19H2,1-2H3,(H2,23,24,25);1H. The van der Waals surface area contributed by atoms with Gasteiger partial charge in [-0.25, -0.2) is 0 Å². The molecule has 0 atom stereocenters. The second-order valence-electron chi connectivity index (χ2n) is 7.29. The van der Waals surface area contributed by atoms with Gasteiger partial charge in [-0.15, -0.1) is 24.0 Å². The molecule has 28 heavy (non-hydrogen) atoms. The molecule has 0 aromatic heterocycles. The highest BCUT2D eigenvalue weighted by Gasteiger charge is 2.35. The van der Waals surface area contributed by atoms with Crippen molar-refractivity contribution in [2.75, 3.05) is 46.6 Å². The summed E-state index contributed by atoms with van der Waals surface area (Å²) in [7, 11) is 1.70. The molecular weight excluding hydrogens is 465 g/mol.